The first-order valence-corrected chi connectivity index (χ1v) is 12.0. The van der Waals surface area contributed by atoms with Crippen LogP contribution < -0.4 is 10.1 Å². The second-order valence-electron chi connectivity index (χ2n) is 7.77. The molecule has 0 aliphatic heterocycles. The van der Waals surface area contributed by atoms with E-state index in [1.54, 1.807) is 18.5 Å². The van der Waals surface area contributed by atoms with Crippen molar-refractivity contribution in [2.75, 3.05) is 6.54 Å². The van der Waals surface area contributed by atoms with Crippen molar-refractivity contribution >= 4 is 17.7 Å². The number of ether oxygens (including phenoxy) is 1. The number of nitrogens with one attached hydrogen (secondary N) is 1. The monoisotopic (exact) mass is 504 g/mol. The Morgan fingerprint density at radius 1 is 1.14 bits per heavy atom. The fourth-order valence-electron chi connectivity index (χ4n) is 3.65. The lowest BCUT2D eigenvalue weighted by Gasteiger charge is -2.13. The topological polar surface area (TPSA) is 94.8 Å². The lowest BCUT2D eigenvalue weighted by atomic mass is 9.97. The number of thioether (sulfide) groups is 1. The Balaban J connectivity index is 1.52. The van der Waals surface area contributed by atoms with Crippen LogP contribution in [0.15, 0.2) is 59.5 Å². The van der Waals surface area contributed by atoms with Crippen LogP contribution in [-0.2, 0) is 5.75 Å². The van der Waals surface area contributed by atoms with Crippen molar-refractivity contribution in [2.24, 2.45) is 0 Å². The van der Waals surface area contributed by atoms with Crippen LogP contribution in [0.3, 0.4) is 0 Å². The average molecular weight is 505 g/mol. The summed E-state index contributed by atoms with van der Waals surface area (Å²) >= 11 is 1.29. The summed E-state index contributed by atoms with van der Waals surface area (Å²) in [5.41, 5.74) is 2.39. The number of alkyl halides is 3. The maximum Gasteiger partial charge on any atom is 0.573 e. The van der Waals surface area contributed by atoms with Gasteiger partial charge in [0.1, 0.15) is 5.75 Å². The molecular formula is C23H23F3N6O2S. The summed E-state index contributed by atoms with van der Waals surface area (Å²) in [5, 5.41) is 11.6. The zero-order chi connectivity index (χ0) is 24.7. The smallest absolute Gasteiger partial charge is 0.406 e. The number of carbonyl (C=O) groups is 1. The molecule has 1 N–H and O–H groups in total. The maximum absolute atomic E-state index is 12.9. The number of aromatic nitrogens is 5. The largest absolute Gasteiger partial charge is 0.573 e. The molecule has 1 aliphatic carbocycles. The highest BCUT2D eigenvalue weighted by atomic mass is 32.2. The molecule has 2 aromatic heterocycles. The van der Waals surface area contributed by atoms with Gasteiger partial charge in [-0.2, -0.15) is 0 Å². The molecule has 2 heterocycles. The van der Waals surface area contributed by atoms with E-state index in [1.165, 1.54) is 59.1 Å². The molecule has 0 saturated carbocycles. The Hall–Kier alpha value is -3.41. The van der Waals surface area contributed by atoms with Gasteiger partial charge in [0.2, 0.25) is 0 Å². The number of hydrogen-bond acceptors (Lipinski definition) is 7. The lowest BCUT2D eigenvalue weighted by molar-refractivity contribution is -0.274. The molecule has 4 rings (SSSR count). The number of benzene rings is 1. The minimum Gasteiger partial charge on any atom is -0.406 e. The Morgan fingerprint density at radius 2 is 1.91 bits per heavy atom. The first-order chi connectivity index (χ1) is 16.9. The van der Waals surface area contributed by atoms with Gasteiger partial charge in [0.05, 0.1) is 11.4 Å². The SMILES string of the molecule is O=C(NCCC1=CCCCC1)c1nnn(-c2ccc(OC(F)(F)F)cc2)c1CSc1ncccn1. The van der Waals surface area contributed by atoms with E-state index in [0.29, 0.717) is 23.1 Å². The van der Waals surface area contributed by atoms with Gasteiger partial charge in [-0.25, -0.2) is 14.6 Å². The summed E-state index contributed by atoms with van der Waals surface area (Å²) in [6.45, 7) is 0.482. The second-order valence-corrected chi connectivity index (χ2v) is 8.71. The van der Waals surface area contributed by atoms with Crippen LogP contribution in [0.25, 0.3) is 5.69 Å². The quantitative estimate of drug-likeness (QED) is 0.252. The van der Waals surface area contributed by atoms with Crippen molar-refractivity contribution in [1.82, 2.24) is 30.3 Å². The summed E-state index contributed by atoms with van der Waals surface area (Å²) in [7, 11) is 0. The minimum absolute atomic E-state index is 0.140. The van der Waals surface area contributed by atoms with Crippen molar-refractivity contribution in [2.45, 2.75) is 49.4 Å². The molecule has 0 fully saturated rings. The Bertz CT molecular complexity index is 1170. The van der Waals surface area contributed by atoms with E-state index in [-0.39, 0.29) is 23.1 Å². The number of allylic oxidation sites excluding steroid dienone is 1. The molecule has 1 aliphatic rings. The number of carbonyl (C=O) groups excluding carboxylic acids is 1. The third-order valence-electron chi connectivity index (χ3n) is 5.29. The zero-order valence-corrected chi connectivity index (χ0v) is 19.5. The molecule has 0 unspecified atom stereocenters. The summed E-state index contributed by atoms with van der Waals surface area (Å²) in [4.78, 5) is 21.3. The number of rotatable bonds is 9. The molecule has 0 bridgehead atoms. The van der Waals surface area contributed by atoms with E-state index < -0.39 is 6.36 Å². The van der Waals surface area contributed by atoms with E-state index >= 15 is 0 Å². The van der Waals surface area contributed by atoms with Crippen molar-refractivity contribution in [3.8, 4) is 11.4 Å². The molecule has 12 heteroatoms. The van der Waals surface area contributed by atoms with Gasteiger partial charge in [0.25, 0.3) is 5.91 Å². The van der Waals surface area contributed by atoms with Gasteiger partial charge >= 0.3 is 6.36 Å². The van der Waals surface area contributed by atoms with E-state index in [4.69, 9.17) is 0 Å². The Kier molecular flexibility index (Phi) is 8.01. The first-order valence-electron chi connectivity index (χ1n) is 11.1. The molecule has 0 atom stereocenters. The van der Waals surface area contributed by atoms with Gasteiger partial charge in [0.15, 0.2) is 10.9 Å². The second kappa shape index (κ2) is 11.3. The van der Waals surface area contributed by atoms with Gasteiger partial charge in [-0.3, -0.25) is 4.79 Å². The molecule has 8 nitrogen and oxygen atoms in total. The predicted molar refractivity (Wildman–Crippen MR) is 123 cm³/mol. The van der Waals surface area contributed by atoms with Gasteiger partial charge in [0, 0.05) is 24.7 Å². The van der Waals surface area contributed by atoms with Crippen LogP contribution in [0.4, 0.5) is 13.2 Å². The Morgan fingerprint density at radius 3 is 2.60 bits per heavy atom. The number of hydrogen-bond donors (Lipinski definition) is 1. The molecule has 0 spiro atoms. The maximum atomic E-state index is 12.9. The highest BCUT2D eigenvalue weighted by molar-refractivity contribution is 7.98. The zero-order valence-electron chi connectivity index (χ0n) is 18.7. The molecule has 184 valence electrons. The average Bonchev–Trinajstić information content (AvgIpc) is 3.27. The predicted octanol–water partition coefficient (Wildman–Crippen LogP) is 4.87. The Labute approximate surface area is 204 Å². The van der Waals surface area contributed by atoms with E-state index in [1.807, 2.05) is 0 Å². The van der Waals surface area contributed by atoms with Crippen LogP contribution in [-0.4, -0.2) is 43.8 Å². The molecule has 0 radical (unpaired) electrons. The summed E-state index contributed by atoms with van der Waals surface area (Å²) in [6.07, 6.45) is 5.95. The number of halogens is 3. The van der Waals surface area contributed by atoms with Gasteiger partial charge in [-0.05, 0) is 62.4 Å². The highest BCUT2D eigenvalue weighted by Gasteiger charge is 2.31. The fraction of sp³-hybridized carbons (Fsp3) is 0.348. The van der Waals surface area contributed by atoms with Crippen LogP contribution in [0.1, 0.15) is 48.3 Å². The van der Waals surface area contributed by atoms with E-state index in [2.05, 4.69) is 36.4 Å². The molecule has 1 aromatic carbocycles. The van der Waals surface area contributed by atoms with Crippen molar-refractivity contribution in [3.63, 3.8) is 0 Å². The van der Waals surface area contributed by atoms with Crippen molar-refractivity contribution < 1.29 is 22.7 Å². The van der Waals surface area contributed by atoms with Gasteiger partial charge < -0.3 is 10.1 Å². The summed E-state index contributed by atoms with van der Waals surface area (Å²) in [5.74, 6) is -0.453. The molecule has 3 aromatic rings. The van der Waals surface area contributed by atoms with Crippen LogP contribution in [0, 0.1) is 0 Å². The third kappa shape index (κ3) is 7.04. The highest BCUT2D eigenvalue weighted by Crippen LogP contribution is 2.26. The van der Waals surface area contributed by atoms with Crippen LogP contribution in [0.2, 0.25) is 0 Å². The summed E-state index contributed by atoms with van der Waals surface area (Å²) < 4.78 is 42.8. The molecular weight excluding hydrogens is 481 g/mol. The van der Waals surface area contributed by atoms with Crippen LogP contribution in [0.5, 0.6) is 5.75 Å². The van der Waals surface area contributed by atoms with Crippen LogP contribution >= 0.6 is 11.8 Å². The first kappa shape index (κ1) is 24.7. The van der Waals surface area contributed by atoms with E-state index in [9.17, 15) is 18.0 Å². The minimum atomic E-state index is -4.79. The number of nitrogens with zero attached hydrogens (tertiary/aromatic N) is 5. The fourth-order valence-corrected chi connectivity index (χ4v) is 4.44. The lowest BCUT2D eigenvalue weighted by Crippen LogP contribution is -2.26. The molecule has 1 amide bonds. The van der Waals surface area contributed by atoms with Crippen molar-refractivity contribution in [3.05, 3.63) is 65.8 Å². The van der Waals surface area contributed by atoms with Gasteiger partial charge in [-0.1, -0.05) is 28.6 Å². The van der Waals surface area contributed by atoms with E-state index in [0.717, 1.165) is 19.3 Å². The van der Waals surface area contributed by atoms with Crippen molar-refractivity contribution in [1.29, 1.82) is 0 Å². The summed E-state index contributed by atoms with van der Waals surface area (Å²) in [6, 6.07) is 6.89. The standard InChI is InChI=1S/C23H23F3N6O2S/c24-23(25,26)34-18-9-7-17(8-10-18)32-19(15-35-22-28-12-4-13-29-22)20(30-31-32)21(33)27-14-11-16-5-2-1-3-6-16/h4-5,7-10,12-13H,1-3,6,11,14-15H2,(H,27,33). The number of amides is 1. The molecule has 35 heavy (non-hydrogen) atoms. The van der Waals surface area contributed by atoms with Gasteiger partial charge in [-0.15, -0.1) is 18.3 Å². The molecule has 0 saturated heterocycles. The third-order valence-corrected chi connectivity index (χ3v) is 6.18. The normalized spacial score (nSPS) is 13.9.